The van der Waals surface area contributed by atoms with E-state index in [0.29, 0.717) is 29.9 Å². The number of rotatable bonds is 10. The molecule has 5 rings (SSSR count). The molecule has 4 aromatic rings. The van der Waals surface area contributed by atoms with Gasteiger partial charge in [0.15, 0.2) is 5.82 Å². The fraction of sp³-hybridized carbons (Fsp3) is 0.355. The van der Waals surface area contributed by atoms with Gasteiger partial charge in [-0.05, 0) is 54.8 Å². The normalized spacial score (nSPS) is 13.8. The molecule has 4 N–H and O–H groups in total. The second-order valence-electron chi connectivity index (χ2n) is 10.7. The number of hydrogen-bond acceptors (Lipinski definition) is 8. The number of aromatic amines is 1. The predicted octanol–water partition coefficient (Wildman–Crippen LogP) is 5.44. The lowest BCUT2D eigenvalue weighted by Crippen LogP contribution is -2.46. The van der Waals surface area contributed by atoms with Crippen molar-refractivity contribution in [3.05, 3.63) is 77.5 Å². The third kappa shape index (κ3) is 7.61. The fourth-order valence-electron chi connectivity index (χ4n) is 4.80. The number of hydrogen-bond donors (Lipinski definition) is 4. The Morgan fingerprint density at radius 3 is 2.24 bits per heavy atom. The van der Waals surface area contributed by atoms with Crippen molar-refractivity contribution in [1.29, 1.82) is 0 Å². The van der Waals surface area contributed by atoms with Gasteiger partial charge in [-0.3, -0.25) is 9.89 Å². The van der Waals surface area contributed by atoms with Gasteiger partial charge in [0, 0.05) is 55.4 Å². The summed E-state index contributed by atoms with van der Waals surface area (Å²) in [6.07, 6.45) is 0.291. The average molecular weight is 554 g/mol. The van der Waals surface area contributed by atoms with Crippen LogP contribution in [0.3, 0.4) is 0 Å². The first-order valence-corrected chi connectivity index (χ1v) is 14.3. The molecule has 10 nitrogen and oxygen atoms in total. The van der Waals surface area contributed by atoms with Crippen LogP contribution in [-0.2, 0) is 11.2 Å². The number of nitrogens with zero attached hydrogens (tertiary/aromatic N) is 5. The molecule has 3 heterocycles. The zero-order valence-corrected chi connectivity index (χ0v) is 24.2. The van der Waals surface area contributed by atoms with Crippen molar-refractivity contribution in [1.82, 2.24) is 25.1 Å². The molecule has 10 heteroatoms. The van der Waals surface area contributed by atoms with Crippen LogP contribution in [0.1, 0.15) is 43.5 Å². The summed E-state index contributed by atoms with van der Waals surface area (Å²) in [6.45, 7) is 13.3. The highest BCUT2D eigenvalue weighted by atomic mass is 16.1. The van der Waals surface area contributed by atoms with Gasteiger partial charge in [0.25, 0.3) is 0 Å². The number of aryl methyl sites for hydroxylation is 1. The molecule has 0 atom stereocenters. The number of nitrogens with one attached hydrogen (secondary N) is 4. The number of aromatic nitrogens is 4. The molecule has 1 fully saturated rings. The highest BCUT2D eigenvalue weighted by Gasteiger charge is 2.19. The average Bonchev–Trinajstić information content (AvgIpc) is 3.38. The lowest BCUT2D eigenvalue weighted by molar-refractivity contribution is -0.115. The SMILES string of the molecule is CCN1CCN(c2cc(Nc3cc(C)[nH]n3)nc(Nc3ccc(CC(=O)Nc4ccc(C(C)C)cc4)cc3)n2)CC1. The van der Waals surface area contributed by atoms with Gasteiger partial charge in [-0.25, -0.2) is 0 Å². The molecule has 0 saturated carbocycles. The number of carbonyl (C=O) groups is 1. The number of piperazine rings is 1. The van der Waals surface area contributed by atoms with Crippen LogP contribution in [0.4, 0.5) is 34.8 Å². The molecule has 1 saturated heterocycles. The Balaban J connectivity index is 1.26. The largest absolute Gasteiger partial charge is 0.354 e. The van der Waals surface area contributed by atoms with Crippen molar-refractivity contribution in [2.24, 2.45) is 0 Å². The first-order valence-electron chi connectivity index (χ1n) is 14.3. The number of H-pyrrole nitrogens is 1. The van der Waals surface area contributed by atoms with Crippen LogP contribution in [0.25, 0.3) is 0 Å². The standard InChI is InChI=1S/C31H39N9O/c1-5-39-14-16-40(17-15-39)29-20-27(34-28-18-22(4)37-38-28)35-31(36-29)33-26-10-6-23(7-11-26)19-30(41)32-25-12-8-24(9-13-25)21(2)3/h6-13,18,20-21H,5,14-17,19H2,1-4H3,(H,32,41)(H3,33,34,35,36,37,38). The maximum absolute atomic E-state index is 12.6. The van der Waals surface area contributed by atoms with E-state index < -0.39 is 0 Å². The van der Waals surface area contributed by atoms with Gasteiger partial charge in [-0.15, -0.1) is 0 Å². The molecular weight excluding hydrogens is 514 g/mol. The number of anilines is 6. The summed E-state index contributed by atoms with van der Waals surface area (Å²) in [5.74, 6) is 3.13. The summed E-state index contributed by atoms with van der Waals surface area (Å²) in [4.78, 5) is 26.9. The lowest BCUT2D eigenvalue weighted by atomic mass is 10.0. The van der Waals surface area contributed by atoms with Gasteiger partial charge in [-0.2, -0.15) is 15.1 Å². The van der Waals surface area contributed by atoms with E-state index >= 15 is 0 Å². The van der Waals surface area contributed by atoms with Gasteiger partial charge in [0.2, 0.25) is 11.9 Å². The third-order valence-electron chi connectivity index (χ3n) is 7.25. The second-order valence-corrected chi connectivity index (χ2v) is 10.7. The number of carbonyl (C=O) groups excluding carboxylic acids is 1. The Labute approximate surface area is 241 Å². The van der Waals surface area contributed by atoms with Crippen molar-refractivity contribution < 1.29 is 4.79 Å². The molecule has 0 spiro atoms. The zero-order valence-electron chi connectivity index (χ0n) is 24.2. The quantitative estimate of drug-likeness (QED) is 0.205. The van der Waals surface area contributed by atoms with Crippen molar-refractivity contribution in [2.75, 3.05) is 53.6 Å². The summed E-state index contributed by atoms with van der Waals surface area (Å²) in [5.41, 5.74) is 4.78. The molecule has 0 radical (unpaired) electrons. The number of benzene rings is 2. The Hall–Kier alpha value is -4.44. The molecular formula is C31H39N9O. The van der Waals surface area contributed by atoms with Gasteiger partial charge >= 0.3 is 0 Å². The second kappa shape index (κ2) is 12.8. The summed E-state index contributed by atoms with van der Waals surface area (Å²) in [7, 11) is 0. The van der Waals surface area contributed by atoms with E-state index in [1.807, 2.05) is 55.5 Å². The predicted molar refractivity (Wildman–Crippen MR) is 166 cm³/mol. The minimum atomic E-state index is -0.0495. The van der Waals surface area contributed by atoms with Crippen LogP contribution in [0.2, 0.25) is 0 Å². The van der Waals surface area contributed by atoms with Crippen molar-refractivity contribution >= 4 is 40.7 Å². The van der Waals surface area contributed by atoms with E-state index in [9.17, 15) is 4.79 Å². The summed E-state index contributed by atoms with van der Waals surface area (Å²) >= 11 is 0. The van der Waals surface area contributed by atoms with Crippen LogP contribution in [0, 0.1) is 6.92 Å². The Morgan fingerprint density at radius 2 is 1.61 bits per heavy atom. The maximum atomic E-state index is 12.6. The maximum Gasteiger partial charge on any atom is 0.231 e. The summed E-state index contributed by atoms with van der Waals surface area (Å²) in [6, 6.07) is 19.7. The molecule has 1 amide bonds. The smallest absolute Gasteiger partial charge is 0.231 e. The molecule has 2 aromatic heterocycles. The Bertz CT molecular complexity index is 1440. The minimum Gasteiger partial charge on any atom is -0.354 e. The minimum absolute atomic E-state index is 0.0495. The highest BCUT2D eigenvalue weighted by Crippen LogP contribution is 2.24. The van der Waals surface area contributed by atoms with Crippen molar-refractivity contribution in [3.8, 4) is 0 Å². The van der Waals surface area contributed by atoms with Crippen LogP contribution in [0.15, 0.2) is 60.7 Å². The van der Waals surface area contributed by atoms with E-state index in [1.165, 1.54) is 5.56 Å². The van der Waals surface area contributed by atoms with Crippen LogP contribution >= 0.6 is 0 Å². The molecule has 0 bridgehead atoms. The van der Waals surface area contributed by atoms with Gasteiger partial charge in [0.1, 0.15) is 11.6 Å². The van der Waals surface area contributed by atoms with Crippen molar-refractivity contribution in [2.45, 2.75) is 40.0 Å². The number of likely N-dealkylation sites (N-methyl/N-ethyl adjacent to an activating group) is 1. The monoisotopic (exact) mass is 553 g/mol. The molecule has 1 aliphatic heterocycles. The molecule has 2 aromatic carbocycles. The first-order chi connectivity index (χ1) is 19.8. The van der Waals surface area contributed by atoms with Crippen LogP contribution < -0.4 is 20.9 Å². The van der Waals surface area contributed by atoms with E-state index in [2.05, 4.69) is 68.9 Å². The molecule has 0 unspecified atom stereocenters. The molecule has 0 aliphatic carbocycles. The Morgan fingerprint density at radius 1 is 0.902 bits per heavy atom. The van der Waals surface area contributed by atoms with E-state index in [0.717, 1.165) is 61.2 Å². The Kier molecular flexibility index (Phi) is 8.79. The first kappa shape index (κ1) is 28.1. The van der Waals surface area contributed by atoms with E-state index in [-0.39, 0.29) is 5.91 Å². The van der Waals surface area contributed by atoms with Crippen molar-refractivity contribution in [3.63, 3.8) is 0 Å². The third-order valence-corrected chi connectivity index (χ3v) is 7.25. The van der Waals surface area contributed by atoms with Crippen LogP contribution in [0.5, 0.6) is 0 Å². The van der Waals surface area contributed by atoms with E-state index in [4.69, 9.17) is 9.97 Å². The fourth-order valence-corrected chi connectivity index (χ4v) is 4.80. The zero-order chi connectivity index (χ0) is 28.8. The van der Waals surface area contributed by atoms with E-state index in [1.54, 1.807) is 0 Å². The summed E-state index contributed by atoms with van der Waals surface area (Å²) < 4.78 is 0. The van der Waals surface area contributed by atoms with Crippen LogP contribution in [-0.4, -0.2) is 63.7 Å². The van der Waals surface area contributed by atoms with Gasteiger partial charge in [-0.1, -0.05) is 45.0 Å². The summed E-state index contributed by atoms with van der Waals surface area (Å²) in [5, 5.41) is 16.9. The lowest BCUT2D eigenvalue weighted by Gasteiger charge is -2.34. The molecule has 214 valence electrons. The van der Waals surface area contributed by atoms with Gasteiger partial charge in [0.05, 0.1) is 6.42 Å². The van der Waals surface area contributed by atoms with Gasteiger partial charge < -0.3 is 25.8 Å². The topological polar surface area (TPSA) is 114 Å². The molecule has 41 heavy (non-hydrogen) atoms. The highest BCUT2D eigenvalue weighted by molar-refractivity contribution is 5.92. The molecule has 1 aliphatic rings. The number of amides is 1.